The van der Waals surface area contributed by atoms with E-state index in [4.69, 9.17) is 15.2 Å². The summed E-state index contributed by atoms with van der Waals surface area (Å²) in [6.45, 7) is 1.53. The first kappa shape index (κ1) is 15.1. The molecule has 0 bridgehead atoms. The van der Waals surface area contributed by atoms with Crippen molar-refractivity contribution in [2.75, 3.05) is 18.9 Å². The van der Waals surface area contributed by atoms with Gasteiger partial charge in [-0.25, -0.2) is 0 Å². The van der Waals surface area contributed by atoms with Crippen LogP contribution < -0.4 is 11.3 Å². The standard InChI is InChI=1S/C14H16N6O3/c15-14-16-13(21)12-18-17-11(20(12)19-14)9-23-7-6-22-8-10-4-2-1-3-5-10/h1-5H,6-9H2,(H3,15,16,19,21). The Balaban J connectivity index is 1.47. The van der Waals surface area contributed by atoms with Crippen LogP contribution in [-0.4, -0.2) is 38.0 Å². The lowest BCUT2D eigenvalue weighted by Crippen LogP contribution is -2.17. The predicted molar refractivity (Wildman–Crippen MR) is 81.6 cm³/mol. The van der Waals surface area contributed by atoms with Crippen molar-refractivity contribution < 1.29 is 9.47 Å². The highest BCUT2D eigenvalue weighted by Gasteiger charge is 2.10. The molecular formula is C14H16N6O3. The third-order valence-electron chi connectivity index (χ3n) is 3.07. The van der Waals surface area contributed by atoms with Crippen molar-refractivity contribution in [3.05, 3.63) is 52.1 Å². The summed E-state index contributed by atoms with van der Waals surface area (Å²) in [5.41, 5.74) is 6.24. The van der Waals surface area contributed by atoms with Crippen molar-refractivity contribution >= 4 is 11.6 Å². The quantitative estimate of drug-likeness (QED) is 0.594. The maximum atomic E-state index is 11.6. The fourth-order valence-corrected chi connectivity index (χ4v) is 2.00. The number of anilines is 1. The van der Waals surface area contributed by atoms with E-state index in [1.54, 1.807) is 0 Å². The molecule has 9 heteroatoms. The zero-order valence-corrected chi connectivity index (χ0v) is 12.3. The molecule has 2 aromatic heterocycles. The van der Waals surface area contributed by atoms with Crippen molar-refractivity contribution in [2.24, 2.45) is 0 Å². The van der Waals surface area contributed by atoms with Gasteiger partial charge in [0.15, 0.2) is 5.82 Å². The van der Waals surface area contributed by atoms with E-state index in [1.165, 1.54) is 4.52 Å². The van der Waals surface area contributed by atoms with Crippen LogP contribution in [-0.2, 0) is 22.7 Å². The monoisotopic (exact) mass is 316 g/mol. The number of nitrogens with zero attached hydrogens (tertiary/aromatic N) is 4. The molecule has 0 radical (unpaired) electrons. The first-order valence-electron chi connectivity index (χ1n) is 7.03. The summed E-state index contributed by atoms with van der Waals surface area (Å²) < 4.78 is 12.2. The van der Waals surface area contributed by atoms with Crippen LogP contribution in [0.3, 0.4) is 0 Å². The Kier molecular flexibility index (Phi) is 4.60. The lowest BCUT2D eigenvalue weighted by molar-refractivity contribution is 0.0313. The van der Waals surface area contributed by atoms with E-state index in [0.717, 1.165) is 5.56 Å². The van der Waals surface area contributed by atoms with Gasteiger partial charge in [0.05, 0.1) is 19.8 Å². The number of fused-ring (bicyclic) bond motifs is 1. The number of aromatic amines is 1. The molecule has 23 heavy (non-hydrogen) atoms. The maximum absolute atomic E-state index is 11.6. The molecule has 0 saturated heterocycles. The number of benzene rings is 1. The zero-order valence-electron chi connectivity index (χ0n) is 12.3. The molecule has 1 aromatic carbocycles. The SMILES string of the molecule is Nc1nn2c(COCCOCc3ccccc3)nnc2c(=O)[nH]1. The van der Waals surface area contributed by atoms with Gasteiger partial charge in [-0.05, 0) is 5.56 Å². The van der Waals surface area contributed by atoms with Gasteiger partial charge in [0.2, 0.25) is 11.6 Å². The van der Waals surface area contributed by atoms with Crippen LogP contribution in [0.15, 0.2) is 35.1 Å². The van der Waals surface area contributed by atoms with E-state index in [2.05, 4.69) is 20.3 Å². The number of aromatic nitrogens is 5. The van der Waals surface area contributed by atoms with E-state index in [1.807, 2.05) is 30.3 Å². The van der Waals surface area contributed by atoms with Gasteiger partial charge in [0.25, 0.3) is 5.56 Å². The summed E-state index contributed by atoms with van der Waals surface area (Å²) in [5, 5.41) is 11.6. The number of nitrogen functional groups attached to an aromatic ring is 1. The van der Waals surface area contributed by atoms with Crippen LogP contribution >= 0.6 is 0 Å². The second-order valence-electron chi connectivity index (χ2n) is 4.78. The highest BCUT2D eigenvalue weighted by Crippen LogP contribution is 2.02. The van der Waals surface area contributed by atoms with Crippen LogP contribution in [0.1, 0.15) is 11.4 Å². The third kappa shape index (κ3) is 3.71. The van der Waals surface area contributed by atoms with Gasteiger partial charge in [-0.15, -0.1) is 15.3 Å². The Labute approximate surface area is 131 Å². The van der Waals surface area contributed by atoms with Gasteiger partial charge < -0.3 is 15.2 Å². The number of rotatable bonds is 7. The van der Waals surface area contributed by atoms with Gasteiger partial charge in [-0.3, -0.25) is 9.78 Å². The Morgan fingerprint density at radius 3 is 2.61 bits per heavy atom. The minimum atomic E-state index is -0.442. The summed E-state index contributed by atoms with van der Waals surface area (Å²) in [6, 6.07) is 9.88. The molecule has 0 aliphatic heterocycles. The Bertz CT molecular complexity index is 829. The van der Waals surface area contributed by atoms with Crippen molar-refractivity contribution in [1.29, 1.82) is 0 Å². The number of ether oxygens (including phenoxy) is 2. The molecule has 9 nitrogen and oxygen atoms in total. The molecule has 0 aliphatic rings. The maximum Gasteiger partial charge on any atom is 0.297 e. The van der Waals surface area contributed by atoms with Crippen molar-refractivity contribution in [1.82, 2.24) is 24.8 Å². The smallest absolute Gasteiger partial charge is 0.297 e. The first-order valence-corrected chi connectivity index (χ1v) is 7.03. The van der Waals surface area contributed by atoms with Crippen molar-refractivity contribution in [3.63, 3.8) is 0 Å². The molecule has 2 heterocycles. The Morgan fingerprint density at radius 1 is 1.09 bits per heavy atom. The molecule has 0 fully saturated rings. The molecule has 3 N–H and O–H groups in total. The average molecular weight is 316 g/mol. The lowest BCUT2D eigenvalue weighted by Gasteiger charge is -2.05. The van der Waals surface area contributed by atoms with Gasteiger partial charge in [0.1, 0.15) is 6.61 Å². The van der Waals surface area contributed by atoms with Crippen LogP contribution in [0.4, 0.5) is 5.95 Å². The largest absolute Gasteiger partial charge is 0.374 e. The number of hydrogen-bond acceptors (Lipinski definition) is 7. The predicted octanol–water partition coefficient (Wildman–Crippen LogP) is 0.128. The number of nitrogens with one attached hydrogen (secondary N) is 1. The molecule has 0 amide bonds. The minimum Gasteiger partial charge on any atom is -0.374 e. The number of hydrogen-bond donors (Lipinski definition) is 2. The highest BCUT2D eigenvalue weighted by molar-refractivity contribution is 5.34. The summed E-state index contributed by atoms with van der Waals surface area (Å²) in [4.78, 5) is 14.0. The van der Waals surface area contributed by atoms with E-state index in [-0.39, 0.29) is 18.2 Å². The van der Waals surface area contributed by atoms with Gasteiger partial charge in [-0.2, -0.15) is 4.52 Å². The molecular weight excluding hydrogens is 300 g/mol. The van der Waals surface area contributed by atoms with E-state index in [0.29, 0.717) is 25.6 Å². The van der Waals surface area contributed by atoms with Crippen LogP contribution in [0, 0.1) is 0 Å². The van der Waals surface area contributed by atoms with Crippen LogP contribution in [0.2, 0.25) is 0 Å². The Morgan fingerprint density at radius 2 is 1.83 bits per heavy atom. The van der Waals surface area contributed by atoms with Crippen LogP contribution in [0.5, 0.6) is 0 Å². The minimum absolute atomic E-state index is 0.00487. The number of nitrogens with two attached hydrogens (primary N) is 1. The van der Waals surface area contributed by atoms with Gasteiger partial charge >= 0.3 is 0 Å². The summed E-state index contributed by atoms with van der Waals surface area (Å²) >= 11 is 0. The highest BCUT2D eigenvalue weighted by atomic mass is 16.5. The Hall–Kier alpha value is -2.78. The van der Waals surface area contributed by atoms with E-state index < -0.39 is 5.56 Å². The van der Waals surface area contributed by atoms with Crippen LogP contribution in [0.25, 0.3) is 5.65 Å². The fraction of sp³-hybridized carbons (Fsp3) is 0.286. The molecule has 3 aromatic rings. The fourth-order valence-electron chi connectivity index (χ4n) is 2.00. The summed E-state index contributed by atoms with van der Waals surface area (Å²) in [6.07, 6.45) is 0. The molecule has 3 rings (SSSR count). The molecule has 0 saturated carbocycles. The van der Waals surface area contributed by atoms with Gasteiger partial charge in [0, 0.05) is 0 Å². The summed E-state index contributed by atoms with van der Waals surface area (Å²) in [7, 11) is 0. The third-order valence-corrected chi connectivity index (χ3v) is 3.07. The molecule has 0 spiro atoms. The topological polar surface area (TPSA) is 120 Å². The normalized spacial score (nSPS) is 11.1. The van der Waals surface area contributed by atoms with Crippen molar-refractivity contribution in [3.8, 4) is 0 Å². The van der Waals surface area contributed by atoms with Crippen molar-refractivity contribution in [2.45, 2.75) is 13.2 Å². The summed E-state index contributed by atoms with van der Waals surface area (Å²) in [5.74, 6) is 0.399. The molecule has 0 unspecified atom stereocenters. The number of H-pyrrole nitrogens is 1. The first-order chi connectivity index (χ1) is 11.2. The van der Waals surface area contributed by atoms with E-state index >= 15 is 0 Å². The second kappa shape index (κ2) is 6.99. The average Bonchev–Trinajstić information content (AvgIpc) is 2.95. The molecule has 0 aliphatic carbocycles. The molecule has 120 valence electrons. The lowest BCUT2D eigenvalue weighted by atomic mass is 10.2. The molecule has 0 atom stereocenters. The van der Waals surface area contributed by atoms with Gasteiger partial charge in [-0.1, -0.05) is 30.3 Å². The zero-order chi connectivity index (χ0) is 16.1. The second-order valence-corrected chi connectivity index (χ2v) is 4.78. The van der Waals surface area contributed by atoms with E-state index in [9.17, 15) is 4.79 Å².